The van der Waals surface area contributed by atoms with Gasteiger partial charge in [0, 0.05) is 6.08 Å². The van der Waals surface area contributed by atoms with E-state index in [0.717, 1.165) is 5.56 Å². The molecule has 0 fully saturated rings. The molecule has 0 heterocycles. The van der Waals surface area contributed by atoms with Crippen LogP contribution in [0.4, 0.5) is 0 Å². The molecule has 0 spiro atoms. The van der Waals surface area contributed by atoms with E-state index in [0.29, 0.717) is 16.9 Å². The van der Waals surface area contributed by atoms with Crippen molar-refractivity contribution in [1.82, 2.24) is 0 Å². The Balaban J connectivity index is 3.38. The highest BCUT2D eigenvalue weighted by Crippen LogP contribution is 2.24. The van der Waals surface area contributed by atoms with Gasteiger partial charge in [0.1, 0.15) is 17.4 Å². The first-order chi connectivity index (χ1) is 7.22. The topological polar surface area (TPSA) is 56.8 Å². The lowest BCUT2D eigenvalue weighted by Crippen LogP contribution is -1.92. The van der Waals surface area contributed by atoms with Gasteiger partial charge >= 0.3 is 0 Å². The zero-order valence-corrected chi connectivity index (χ0v) is 8.61. The van der Waals surface area contributed by atoms with Crippen molar-refractivity contribution >= 4 is 6.08 Å². The number of benzene rings is 1. The summed E-state index contributed by atoms with van der Waals surface area (Å²) in [4.78, 5) is 0. The van der Waals surface area contributed by atoms with Gasteiger partial charge in [0.25, 0.3) is 0 Å². The van der Waals surface area contributed by atoms with Gasteiger partial charge in [0.05, 0.1) is 13.2 Å². The zero-order valence-electron chi connectivity index (χ0n) is 8.61. The molecule has 1 aromatic rings. The highest BCUT2D eigenvalue weighted by molar-refractivity contribution is 5.65. The first-order valence-corrected chi connectivity index (χ1v) is 4.37. The lowest BCUT2D eigenvalue weighted by atomic mass is 10.0. The zero-order chi connectivity index (χ0) is 11.3. The lowest BCUT2D eigenvalue weighted by Gasteiger charge is -2.06. The van der Waals surface area contributed by atoms with Gasteiger partial charge in [-0.2, -0.15) is 10.5 Å². The first-order valence-electron chi connectivity index (χ1n) is 4.37. The third kappa shape index (κ3) is 2.36. The van der Waals surface area contributed by atoms with Crippen LogP contribution in [0, 0.1) is 29.6 Å². The van der Waals surface area contributed by atoms with Crippen LogP contribution in [0.1, 0.15) is 16.7 Å². The Morgan fingerprint density at radius 1 is 1.33 bits per heavy atom. The molecular formula is C12H10N2O. The maximum absolute atomic E-state index is 8.97. The molecule has 0 aliphatic carbocycles. The molecule has 1 rings (SSSR count). The van der Waals surface area contributed by atoms with Crippen molar-refractivity contribution in [1.29, 1.82) is 10.5 Å². The number of rotatable bonds is 2. The molecule has 0 saturated carbocycles. The van der Waals surface area contributed by atoms with Crippen molar-refractivity contribution in [3.05, 3.63) is 34.9 Å². The molecule has 74 valence electrons. The molecule has 0 aliphatic heterocycles. The molecule has 1 aromatic carbocycles. The molecule has 0 bridgehead atoms. The van der Waals surface area contributed by atoms with E-state index in [1.165, 1.54) is 13.2 Å². The van der Waals surface area contributed by atoms with Crippen molar-refractivity contribution < 1.29 is 4.74 Å². The average Bonchev–Trinajstić information content (AvgIpc) is 2.25. The van der Waals surface area contributed by atoms with Crippen molar-refractivity contribution in [2.45, 2.75) is 6.92 Å². The van der Waals surface area contributed by atoms with Gasteiger partial charge in [0.2, 0.25) is 0 Å². The molecule has 0 radical (unpaired) electrons. The molecule has 0 aromatic heterocycles. The summed E-state index contributed by atoms with van der Waals surface area (Å²) < 4.78 is 5.10. The Morgan fingerprint density at radius 3 is 2.60 bits per heavy atom. The number of nitriles is 2. The Hall–Kier alpha value is -2.26. The Morgan fingerprint density at radius 2 is 2.07 bits per heavy atom. The highest BCUT2D eigenvalue weighted by atomic mass is 16.5. The SMILES string of the molecule is COc1cc(C)cc(C=CC#N)c1C#N. The van der Waals surface area contributed by atoms with Gasteiger partial charge in [-0.1, -0.05) is 6.07 Å². The van der Waals surface area contributed by atoms with Crippen LogP contribution >= 0.6 is 0 Å². The predicted octanol–water partition coefficient (Wildman–Crippen LogP) is 2.41. The maximum atomic E-state index is 8.97. The van der Waals surface area contributed by atoms with Crippen molar-refractivity contribution in [2.75, 3.05) is 7.11 Å². The summed E-state index contributed by atoms with van der Waals surface area (Å²) in [5, 5.41) is 17.4. The monoisotopic (exact) mass is 198 g/mol. The molecule has 0 amide bonds. The molecule has 15 heavy (non-hydrogen) atoms. The van der Waals surface area contributed by atoms with Crippen molar-refractivity contribution in [2.24, 2.45) is 0 Å². The summed E-state index contributed by atoms with van der Waals surface area (Å²) in [5.74, 6) is 0.537. The number of allylic oxidation sites excluding steroid dienone is 1. The predicted molar refractivity (Wildman–Crippen MR) is 57.1 cm³/mol. The summed E-state index contributed by atoms with van der Waals surface area (Å²) in [5.41, 5.74) is 2.15. The summed E-state index contributed by atoms with van der Waals surface area (Å²) in [6.07, 6.45) is 2.95. The molecule has 3 heteroatoms. The smallest absolute Gasteiger partial charge is 0.137 e. The standard InChI is InChI=1S/C12H10N2O/c1-9-6-10(4-3-5-13)11(8-14)12(7-9)15-2/h3-4,6-7H,1-2H3. The van der Waals surface area contributed by atoms with Gasteiger partial charge in [-0.05, 0) is 30.2 Å². The van der Waals surface area contributed by atoms with Crippen molar-refractivity contribution in [3.63, 3.8) is 0 Å². The minimum Gasteiger partial charge on any atom is -0.495 e. The Kier molecular flexibility index (Phi) is 3.49. The number of aryl methyl sites for hydroxylation is 1. The summed E-state index contributed by atoms with van der Waals surface area (Å²) in [7, 11) is 1.52. The van der Waals surface area contributed by atoms with Gasteiger partial charge in [-0.15, -0.1) is 0 Å². The number of methoxy groups -OCH3 is 1. The van der Waals surface area contributed by atoms with E-state index in [1.54, 1.807) is 12.1 Å². The van der Waals surface area contributed by atoms with Crippen LogP contribution in [0.5, 0.6) is 5.75 Å². The summed E-state index contributed by atoms with van der Waals surface area (Å²) >= 11 is 0. The van der Waals surface area contributed by atoms with Gasteiger partial charge in [-0.3, -0.25) is 0 Å². The second kappa shape index (κ2) is 4.83. The lowest BCUT2D eigenvalue weighted by molar-refractivity contribution is 0.413. The minimum atomic E-state index is 0.453. The summed E-state index contributed by atoms with van der Waals surface area (Å²) in [6.45, 7) is 1.91. The van der Waals surface area contributed by atoms with Crippen LogP contribution in [-0.2, 0) is 0 Å². The molecule has 0 saturated heterocycles. The average molecular weight is 198 g/mol. The fourth-order valence-corrected chi connectivity index (χ4v) is 1.32. The number of hydrogen-bond acceptors (Lipinski definition) is 3. The third-order valence-corrected chi connectivity index (χ3v) is 1.95. The minimum absolute atomic E-state index is 0.453. The number of hydrogen-bond donors (Lipinski definition) is 0. The van der Waals surface area contributed by atoms with Crippen LogP contribution in [0.25, 0.3) is 6.08 Å². The number of ether oxygens (including phenoxy) is 1. The third-order valence-electron chi connectivity index (χ3n) is 1.95. The maximum Gasteiger partial charge on any atom is 0.137 e. The van der Waals surface area contributed by atoms with Gasteiger partial charge < -0.3 is 4.74 Å². The fourth-order valence-electron chi connectivity index (χ4n) is 1.32. The quantitative estimate of drug-likeness (QED) is 0.685. The Bertz CT molecular complexity index is 476. The molecular weight excluding hydrogens is 188 g/mol. The van der Waals surface area contributed by atoms with Crippen LogP contribution < -0.4 is 4.74 Å². The van der Waals surface area contributed by atoms with Crippen LogP contribution in [-0.4, -0.2) is 7.11 Å². The van der Waals surface area contributed by atoms with E-state index in [2.05, 4.69) is 6.07 Å². The fraction of sp³-hybridized carbons (Fsp3) is 0.167. The molecule has 0 atom stereocenters. The van der Waals surface area contributed by atoms with E-state index in [1.807, 2.05) is 19.1 Å². The largest absolute Gasteiger partial charge is 0.495 e. The van der Waals surface area contributed by atoms with Crippen LogP contribution in [0.2, 0.25) is 0 Å². The molecule has 0 aliphatic rings. The van der Waals surface area contributed by atoms with Gasteiger partial charge in [0.15, 0.2) is 0 Å². The number of nitrogens with zero attached hydrogens (tertiary/aromatic N) is 2. The normalized spacial score (nSPS) is 9.60. The van der Waals surface area contributed by atoms with E-state index < -0.39 is 0 Å². The first kappa shape index (κ1) is 10.8. The van der Waals surface area contributed by atoms with E-state index in [9.17, 15) is 0 Å². The summed E-state index contributed by atoms with van der Waals surface area (Å²) in [6, 6.07) is 7.60. The molecule has 0 unspecified atom stereocenters. The van der Waals surface area contributed by atoms with E-state index in [-0.39, 0.29) is 0 Å². The van der Waals surface area contributed by atoms with E-state index in [4.69, 9.17) is 15.3 Å². The second-order valence-electron chi connectivity index (χ2n) is 3.01. The Labute approximate surface area is 88.8 Å². The highest BCUT2D eigenvalue weighted by Gasteiger charge is 2.07. The molecule has 3 nitrogen and oxygen atoms in total. The van der Waals surface area contributed by atoms with Crippen LogP contribution in [0.15, 0.2) is 18.2 Å². The van der Waals surface area contributed by atoms with Gasteiger partial charge in [-0.25, -0.2) is 0 Å². The van der Waals surface area contributed by atoms with E-state index >= 15 is 0 Å². The van der Waals surface area contributed by atoms with Crippen LogP contribution in [0.3, 0.4) is 0 Å². The molecule has 0 N–H and O–H groups in total. The van der Waals surface area contributed by atoms with Crippen molar-refractivity contribution in [3.8, 4) is 17.9 Å². The second-order valence-corrected chi connectivity index (χ2v) is 3.01.